The largest absolute Gasteiger partial charge is 0.355 e. The number of hydrogen-bond acceptors (Lipinski definition) is 6. The molecule has 1 heterocycles. The van der Waals surface area contributed by atoms with E-state index in [0.29, 0.717) is 24.1 Å². The molecule has 1 amide bonds. The maximum atomic E-state index is 12.2. The van der Waals surface area contributed by atoms with Crippen LogP contribution < -0.4 is 5.32 Å². The number of benzene rings is 2. The molecule has 1 aromatic heterocycles. The average molecular weight is 414 g/mol. The molecule has 1 N–H and O–H groups in total. The van der Waals surface area contributed by atoms with E-state index in [-0.39, 0.29) is 5.75 Å². The highest BCUT2D eigenvalue weighted by molar-refractivity contribution is 7.91. The van der Waals surface area contributed by atoms with Crippen molar-refractivity contribution in [1.29, 1.82) is 5.26 Å². The quantitative estimate of drug-likeness (QED) is 0.573. The molecule has 0 aliphatic heterocycles. The molecule has 0 spiro atoms. The van der Waals surface area contributed by atoms with Crippen molar-refractivity contribution in [3.63, 3.8) is 0 Å². The fraction of sp³-hybridized carbons (Fsp3) is 0.250. The smallest absolute Gasteiger partial charge is 0.235 e. The van der Waals surface area contributed by atoms with E-state index in [1.165, 1.54) is 0 Å². The molecule has 0 saturated heterocycles. The van der Waals surface area contributed by atoms with Gasteiger partial charge in [0.15, 0.2) is 9.84 Å². The van der Waals surface area contributed by atoms with Crippen LogP contribution in [0.15, 0.2) is 48.5 Å². The van der Waals surface area contributed by atoms with Gasteiger partial charge in [-0.15, -0.1) is 11.3 Å². The first-order valence-corrected chi connectivity index (χ1v) is 11.4. The normalized spacial score (nSPS) is 11.2. The van der Waals surface area contributed by atoms with E-state index < -0.39 is 21.5 Å². The number of amides is 1. The van der Waals surface area contributed by atoms with E-state index in [0.717, 1.165) is 21.6 Å². The van der Waals surface area contributed by atoms with Gasteiger partial charge in [0.2, 0.25) is 5.91 Å². The molecule has 2 aromatic carbocycles. The molecule has 0 radical (unpaired) electrons. The van der Waals surface area contributed by atoms with Crippen LogP contribution in [0.1, 0.15) is 22.6 Å². The summed E-state index contributed by atoms with van der Waals surface area (Å²) in [6.07, 6.45) is 1.43. The minimum absolute atomic E-state index is 0.224. The molecule has 3 aromatic rings. The van der Waals surface area contributed by atoms with Crippen LogP contribution >= 0.6 is 11.3 Å². The molecule has 0 fully saturated rings. The number of carbonyl (C=O) groups is 1. The summed E-state index contributed by atoms with van der Waals surface area (Å²) in [4.78, 5) is 16.5. The summed E-state index contributed by atoms with van der Waals surface area (Å²) < 4.78 is 25.5. The summed E-state index contributed by atoms with van der Waals surface area (Å²) in [5.74, 6) is -1.27. The van der Waals surface area contributed by atoms with Crippen molar-refractivity contribution in [1.82, 2.24) is 10.3 Å². The van der Waals surface area contributed by atoms with Gasteiger partial charge < -0.3 is 5.32 Å². The molecular weight excluding hydrogens is 394 g/mol. The number of nitrogens with one attached hydrogen (secondary N) is 1. The zero-order chi connectivity index (χ0) is 20.0. The Hall–Kier alpha value is -2.76. The molecule has 0 bridgehead atoms. The SMILES string of the molecule is N#Cc1ccc(CS(=O)(=O)CC(=O)NCCCc2nc3ccccc3s2)cc1. The van der Waals surface area contributed by atoms with Crippen LogP contribution in [0.3, 0.4) is 0 Å². The van der Waals surface area contributed by atoms with Gasteiger partial charge in [0.25, 0.3) is 0 Å². The highest BCUT2D eigenvalue weighted by Crippen LogP contribution is 2.22. The second kappa shape index (κ2) is 8.95. The summed E-state index contributed by atoms with van der Waals surface area (Å²) >= 11 is 1.63. The van der Waals surface area contributed by atoms with Crippen molar-refractivity contribution >= 4 is 37.3 Å². The molecule has 0 aliphatic carbocycles. The summed E-state index contributed by atoms with van der Waals surface area (Å²) in [6.45, 7) is 0.404. The van der Waals surface area contributed by atoms with Crippen molar-refractivity contribution in [2.45, 2.75) is 18.6 Å². The topological polar surface area (TPSA) is 99.9 Å². The van der Waals surface area contributed by atoms with Gasteiger partial charge >= 0.3 is 0 Å². The third-order valence-corrected chi connectivity index (χ3v) is 6.62. The van der Waals surface area contributed by atoms with Crippen LogP contribution in [0.25, 0.3) is 10.2 Å². The Bertz CT molecular complexity index is 1080. The van der Waals surface area contributed by atoms with Crippen LogP contribution in [-0.2, 0) is 26.8 Å². The van der Waals surface area contributed by atoms with Crippen LogP contribution in [0, 0.1) is 11.3 Å². The number of thiazole rings is 1. The van der Waals surface area contributed by atoms with Gasteiger partial charge in [-0.05, 0) is 36.2 Å². The Balaban J connectivity index is 1.43. The highest BCUT2D eigenvalue weighted by atomic mass is 32.2. The lowest BCUT2D eigenvalue weighted by molar-refractivity contribution is -0.118. The summed E-state index contributed by atoms with van der Waals surface area (Å²) in [5, 5.41) is 12.4. The van der Waals surface area contributed by atoms with Crippen molar-refractivity contribution < 1.29 is 13.2 Å². The number of para-hydroxylation sites is 1. The third-order valence-electron chi connectivity index (χ3n) is 4.05. The molecule has 0 atom stereocenters. The van der Waals surface area contributed by atoms with Crippen LogP contribution in [-0.4, -0.2) is 31.6 Å². The highest BCUT2D eigenvalue weighted by Gasteiger charge is 2.17. The Morgan fingerprint density at radius 2 is 1.89 bits per heavy atom. The molecule has 8 heteroatoms. The monoisotopic (exact) mass is 413 g/mol. The molecule has 3 rings (SSSR count). The minimum atomic E-state index is -3.57. The number of fused-ring (bicyclic) bond motifs is 1. The number of hydrogen-bond donors (Lipinski definition) is 1. The van der Waals surface area contributed by atoms with E-state index >= 15 is 0 Å². The third kappa shape index (κ3) is 5.62. The fourth-order valence-corrected chi connectivity index (χ4v) is 5.04. The van der Waals surface area contributed by atoms with Crippen molar-refractivity contribution in [3.8, 4) is 6.07 Å². The Morgan fingerprint density at radius 1 is 1.14 bits per heavy atom. The van der Waals surface area contributed by atoms with Gasteiger partial charge in [-0.1, -0.05) is 24.3 Å². The molecule has 0 aliphatic rings. The molecule has 6 nitrogen and oxygen atoms in total. The first-order chi connectivity index (χ1) is 13.4. The van der Waals surface area contributed by atoms with Gasteiger partial charge in [0, 0.05) is 13.0 Å². The van der Waals surface area contributed by atoms with E-state index in [2.05, 4.69) is 10.3 Å². The van der Waals surface area contributed by atoms with Gasteiger partial charge in [0.1, 0.15) is 5.75 Å². The number of sulfone groups is 1. The first kappa shape index (κ1) is 20.0. The minimum Gasteiger partial charge on any atom is -0.355 e. The molecule has 144 valence electrons. The van der Waals surface area contributed by atoms with E-state index in [4.69, 9.17) is 5.26 Å². The van der Waals surface area contributed by atoms with Crippen LogP contribution in [0.5, 0.6) is 0 Å². The van der Waals surface area contributed by atoms with Gasteiger partial charge in [-0.3, -0.25) is 4.79 Å². The van der Waals surface area contributed by atoms with E-state index in [9.17, 15) is 13.2 Å². The number of nitriles is 1. The average Bonchev–Trinajstić information content (AvgIpc) is 3.08. The maximum Gasteiger partial charge on any atom is 0.235 e. The second-order valence-corrected chi connectivity index (χ2v) is 9.55. The lowest BCUT2D eigenvalue weighted by atomic mass is 10.2. The Labute approximate surface area is 167 Å². The summed E-state index contributed by atoms with van der Waals surface area (Å²) in [6, 6.07) is 16.2. The number of aryl methyl sites for hydroxylation is 1. The number of aromatic nitrogens is 1. The predicted molar refractivity (Wildman–Crippen MR) is 110 cm³/mol. The van der Waals surface area contributed by atoms with Gasteiger partial charge in [0.05, 0.1) is 32.6 Å². The molecular formula is C20H19N3O3S2. The molecule has 28 heavy (non-hydrogen) atoms. The zero-order valence-corrected chi connectivity index (χ0v) is 16.7. The summed E-state index contributed by atoms with van der Waals surface area (Å²) in [5.41, 5.74) is 2.00. The fourth-order valence-electron chi connectivity index (χ4n) is 2.73. The lowest BCUT2D eigenvalue weighted by Crippen LogP contribution is -2.31. The Kier molecular flexibility index (Phi) is 6.39. The maximum absolute atomic E-state index is 12.2. The van der Waals surface area contributed by atoms with E-state index in [1.54, 1.807) is 35.6 Å². The zero-order valence-electron chi connectivity index (χ0n) is 15.1. The van der Waals surface area contributed by atoms with Crippen molar-refractivity contribution in [2.75, 3.05) is 12.3 Å². The summed E-state index contributed by atoms with van der Waals surface area (Å²) in [7, 11) is -3.57. The molecule has 0 saturated carbocycles. The van der Waals surface area contributed by atoms with Crippen LogP contribution in [0.2, 0.25) is 0 Å². The van der Waals surface area contributed by atoms with Gasteiger partial charge in [-0.2, -0.15) is 5.26 Å². The van der Waals surface area contributed by atoms with Crippen LogP contribution in [0.4, 0.5) is 0 Å². The predicted octanol–water partition coefficient (Wildman–Crippen LogP) is 2.83. The standard InChI is InChI=1S/C20H19N3O3S2/c21-12-15-7-9-16(10-8-15)13-28(25,26)14-19(24)22-11-3-6-20-23-17-4-1-2-5-18(17)27-20/h1-2,4-5,7-10H,3,6,11,13-14H2,(H,22,24). The van der Waals surface area contributed by atoms with Crippen molar-refractivity contribution in [3.05, 3.63) is 64.7 Å². The van der Waals surface area contributed by atoms with E-state index in [1.807, 2.05) is 30.3 Å². The lowest BCUT2D eigenvalue weighted by Gasteiger charge is -2.06. The molecule has 0 unspecified atom stereocenters. The number of nitrogens with zero attached hydrogens (tertiary/aromatic N) is 2. The van der Waals surface area contributed by atoms with Crippen molar-refractivity contribution in [2.24, 2.45) is 0 Å². The Morgan fingerprint density at radius 3 is 2.61 bits per heavy atom. The van der Waals surface area contributed by atoms with Gasteiger partial charge in [-0.25, -0.2) is 13.4 Å². The number of rotatable bonds is 8. The second-order valence-electron chi connectivity index (χ2n) is 6.37. The first-order valence-electron chi connectivity index (χ1n) is 8.76. The number of carbonyl (C=O) groups excluding carboxylic acids is 1.